The SMILES string of the molecule is C[C@H]1C[C@H]2O[C@]23[C@@H](C)[C@H]2[C@H](C[C@H]4[C@@H]5CCC6=CC(=O)CC[C@]6(C)[C@H]5CC[C@]24C)N3C1. The van der Waals surface area contributed by atoms with E-state index in [0.29, 0.717) is 28.6 Å². The van der Waals surface area contributed by atoms with Crippen molar-refractivity contribution in [2.45, 2.75) is 96.9 Å². The molecule has 0 radical (unpaired) electrons. The van der Waals surface area contributed by atoms with Crippen LogP contribution in [0.15, 0.2) is 11.6 Å². The Balaban J connectivity index is 1.24. The predicted molar refractivity (Wildman–Crippen MR) is 117 cm³/mol. The number of hydrogen-bond donors (Lipinski definition) is 0. The lowest BCUT2D eigenvalue weighted by Gasteiger charge is -2.58. The van der Waals surface area contributed by atoms with Crippen molar-refractivity contribution in [3.8, 4) is 0 Å². The van der Waals surface area contributed by atoms with E-state index in [0.717, 1.165) is 48.5 Å². The Bertz CT molecular complexity index is 850. The van der Waals surface area contributed by atoms with Crippen LogP contribution in [-0.2, 0) is 9.53 Å². The number of nitrogens with zero attached hydrogens (tertiary/aromatic N) is 1. The Morgan fingerprint density at radius 1 is 1.07 bits per heavy atom. The second-order valence-corrected chi connectivity index (χ2v) is 13.0. The first-order chi connectivity index (χ1) is 14.3. The number of epoxide rings is 1. The number of ether oxygens (including phenoxy) is 1. The normalized spacial score (nSPS) is 61.2. The molecule has 3 saturated heterocycles. The molecular formula is C27H39NO2. The molecule has 7 aliphatic rings. The number of hydrogen-bond acceptors (Lipinski definition) is 3. The van der Waals surface area contributed by atoms with Gasteiger partial charge in [-0.25, -0.2) is 0 Å². The molecule has 3 aliphatic heterocycles. The number of allylic oxidation sites excluding steroid dienone is 1. The zero-order chi connectivity index (χ0) is 20.6. The van der Waals surface area contributed by atoms with Crippen LogP contribution in [0.3, 0.4) is 0 Å². The number of rotatable bonds is 0. The van der Waals surface area contributed by atoms with Gasteiger partial charge in [0.15, 0.2) is 11.5 Å². The summed E-state index contributed by atoms with van der Waals surface area (Å²) in [5.74, 6) is 5.21. The molecule has 0 aromatic heterocycles. The van der Waals surface area contributed by atoms with Gasteiger partial charge in [-0.05, 0) is 91.4 Å². The number of piperidine rings is 1. The first-order valence-corrected chi connectivity index (χ1v) is 13.0. The van der Waals surface area contributed by atoms with Gasteiger partial charge in [-0.2, -0.15) is 0 Å². The Morgan fingerprint density at radius 3 is 2.73 bits per heavy atom. The Morgan fingerprint density at radius 2 is 1.90 bits per heavy atom. The molecule has 0 amide bonds. The second kappa shape index (κ2) is 5.63. The molecule has 0 bridgehead atoms. The Labute approximate surface area is 182 Å². The van der Waals surface area contributed by atoms with Crippen LogP contribution >= 0.6 is 0 Å². The van der Waals surface area contributed by atoms with Crippen LogP contribution in [0.25, 0.3) is 0 Å². The van der Waals surface area contributed by atoms with E-state index < -0.39 is 0 Å². The fraction of sp³-hybridized carbons (Fsp3) is 0.889. The van der Waals surface area contributed by atoms with Crippen molar-refractivity contribution in [1.29, 1.82) is 0 Å². The third-order valence-corrected chi connectivity index (χ3v) is 12.0. The van der Waals surface area contributed by atoms with Gasteiger partial charge in [0, 0.05) is 24.9 Å². The minimum absolute atomic E-state index is 0.116. The first-order valence-electron chi connectivity index (χ1n) is 13.0. The highest BCUT2D eigenvalue weighted by molar-refractivity contribution is 5.91. The average molecular weight is 410 g/mol. The molecule has 30 heavy (non-hydrogen) atoms. The lowest BCUT2D eigenvalue weighted by molar-refractivity contribution is -0.117. The summed E-state index contributed by atoms with van der Waals surface area (Å²) in [6.07, 6.45) is 12.4. The van der Waals surface area contributed by atoms with Crippen molar-refractivity contribution in [2.75, 3.05) is 6.54 Å². The van der Waals surface area contributed by atoms with Crippen molar-refractivity contribution in [2.24, 2.45) is 46.3 Å². The summed E-state index contributed by atoms with van der Waals surface area (Å²) in [6.45, 7) is 11.4. The molecule has 4 aliphatic carbocycles. The minimum Gasteiger partial charge on any atom is -0.350 e. The van der Waals surface area contributed by atoms with Gasteiger partial charge in [-0.15, -0.1) is 0 Å². The zero-order valence-electron chi connectivity index (χ0n) is 19.3. The highest BCUT2D eigenvalue weighted by atomic mass is 16.6. The third-order valence-electron chi connectivity index (χ3n) is 12.0. The van der Waals surface area contributed by atoms with E-state index in [1.54, 1.807) is 0 Å². The second-order valence-electron chi connectivity index (χ2n) is 13.0. The Hall–Kier alpha value is -0.670. The van der Waals surface area contributed by atoms with E-state index in [9.17, 15) is 4.79 Å². The molecule has 0 unspecified atom stereocenters. The summed E-state index contributed by atoms with van der Waals surface area (Å²) < 4.78 is 6.52. The van der Waals surface area contributed by atoms with Gasteiger partial charge in [0.05, 0.1) is 0 Å². The van der Waals surface area contributed by atoms with E-state index >= 15 is 0 Å². The van der Waals surface area contributed by atoms with E-state index in [4.69, 9.17) is 4.74 Å². The molecule has 7 rings (SSSR count). The molecule has 3 saturated carbocycles. The van der Waals surface area contributed by atoms with Crippen LogP contribution in [0.4, 0.5) is 0 Å². The monoisotopic (exact) mass is 409 g/mol. The zero-order valence-corrected chi connectivity index (χ0v) is 19.3. The quantitative estimate of drug-likeness (QED) is 0.516. The summed E-state index contributed by atoms with van der Waals surface area (Å²) >= 11 is 0. The molecule has 3 nitrogen and oxygen atoms in total. The van der Waals surface area contributed by atoms with Crippen molar-refractivity contribution in [3.63, 3.8) is 0 Å². The average Bonchev–Trinajstić information content (AvgIpc) is 3.28. The van der Waals surface area contributed by atoms with E-state index in [1.807, 2.05) is 0 Å². The minimum atomic E-state index is 0.116. The fourth-order valence-corrected chi connectivity index (χ4v) is 10.7. The molecule has 0 aromatic rings. The van der Waals surface area contributed by atoms with E-state index in [2.05, 4.69) is 38.7 Å². The molecule has 0 N–H and O–H groups in total. The highest BCUT2D eigenvalue weighted by Gasteiger charge is 2.78. The molecule has 3 heteroatoms. The van der Waals surface area contributed by atoms with Crippen LogP contribution in [0.2, 0.25) is 0 Å². The van der Waals surface area contributed by atoms with Gasteiger partial charge in [-0.3, -0.25) is 9.69 Å². The van der Waals surface area contributed by atoms with Crippen LogP contribution < -0.4 is 0 Å². The molecule has 1 spiro atoms. The summed E-state index contributed by atoms with van der Waals surface area (Å²) in [4.78, 5) is 15.0. The van der Waals surface area contributed by atoms with Crippen LogP contribution in [0.1, 0.15) is 79.1 Å². The van der Waals surface area contributed by atoms with Gasteiger partial charge in [0.1, 0.15) is 6.10 Å². The number of carbonyl (C=O) groups excluding carboxylic acids is 1. The summed E-state index contributed by atoms with van der Waals surface area (Å²) in [5.41, 5.74) is 2.41. The van der Waals surface area contributed by atoms with E-state index in [1.165, 1.54) is 50.6 Å². The molecule has 164 valence electrons. The molecular weight excluding hydrogens is 370 g/mol. The lowest BCUT2D eigenvalue weighted by atomic mass is 9.46. The largest absolute Gasteiger partial charge is 0.350 e. The topological polar surface area (TPSA) is 32.8 Å². The van der Waals surface area contributed by atoms with Crippen LogP contribution in [0, 0.1) is 46.3 Å². The smallest absolute Gasteiger partial charge is 0.155 e. The standard InChI is InChI=1S/C27H39NO2/c1-15-11-23-27(30-23)16(2)24-22(28(27)14-15)13-21-19-6-5-17-12-18(29)7-9-25(17,3)20(19)8-10-26(21,24)4/h12,15-16,19-24H,5-11,13-14H2,1-4H3/t15-,16-,19+,20-,21-,22-,23+,24-,25-,26-,27+/m0/s1. The molecule has 11 atom stereocenters. The number of ketones is 1. The van der Waals surface area contributed by atoms with Gasteiger partial charge in [0.25, 0.3) is 0 Å². The highest BCUT2D eigenvalue weighted by Crippen LogP contribution is 2.73. The lowest BCUT2D eigenvalue weighted by Crippen LogP contribution is -2.52. The van der Waals surface area contributed by atoms with Gasteiger partial charge in [-0.1, -0.05) is 33.3 Å². The van der Waals surface area contributed by atoms with Crippen molar-refractivity contribution < 1.29 is 9.53 Å². The predicted octanol–water partition coefficient (Wildman–Crippen LogP) is 5.20. The van der Waals surface area contributed by atoms with E-state index in [-0.39, 0.29) is 5.72 Å². The maximum absolute atomic E-state index is 12.1. The molecule has 6 fully saturated rings. The van der Waals surface area contributed by atoms with Crippen LogP contribution in [0.5, 0.6) is 0 Å². The summed E-state index contributed by atoms with van der Waals surface area (Å²) in [5, 5.41) is 0. The van der Waals surface area contributed by atoms with Crippen molar-refractivity contribution in [1.82, 2.24) is 4.90 Å². The third kappa shape index (κ3) is 2.00. The number of carbonyl (C=O) groups is 1. The summed E-state index contributed by atoms with van der Waals surface area (Å²) in [7, 11) is 0. The molecule has 3 heterocycles. The van der Waals surface area contributed by atoms with Crippen LogP contribution in [-0.4, -0.2) is 35.1 Å². The fourth-order valence-electron chi connectivity index (χ4n) is 10.7. The van der Waals surface area contributed by atoms with Crippen molar-refractivity contribution >= 4 is 5.78 Å². The maximum atomic E-state index is 12.1. The summed E-state index contributed by atoms with van der Waals surface area (Å²) in [6, 6.07) is 0.749. The van der Waals surface area contributed by atoms with Gasteiger partial charge < -0.3 is 4.74 Å². The number of fused-ring (bicyclic) bond motifs is 8. The van der Waals surface area contributed by atoms with Crippen molar-refractivity contribution in [3.05, 3.63) is 11.6 Å². The van der Waals surface area contributed by atoms with Gasteiger partial charge in [0.2, 0.25) is 0 Å². The first kappa shape index (κ1) is 18.9. The van der Waals surface area contributed by atoms with Gasteiger partial charge >= 0.3 is 0 Å². The Kier molecular flexibility index (Phi) is 3.54. The molecule has 0 aromatic carbocycles. The maximum Gasteiger partial charge on any atom is 0.155 e.